The molecule has 0 fully saturated rings. The molecule has 7 heteroatoms. The number of aromatic nitrogens is 3. The highest BCUT2D eigenvalue weighted by molar-refractivity contribution is 7.16. The Kier molecular flexibility index (Phi) is 4.22. The molecule has 5 nitrogen and oxygen atoms in total. The van der Waals surface area contributed by atoms with Crippen LogP contribution in [0.25, 0.3) is 10.2 Å². The van der Waals surface area contributed by atoms with Crippen LogP contribution in [0, 0.1) is 5.82 Å². The molecule has 2 aromatic heterocycles. The molecule has 0 spiro atoms. The third kappa shape index (κ3) is 3.09. The number of imidazole rings is 1. The van der Waals surface area contributed by atoms with Gasteiger partial charge in [-0.1, -0.05) is 12.1 Å². The molecule has 26 heavy (non-hydrogen) atoms. The summed E-state index contributed by atoms with van der Waals surface area (Å²) in [6, 6.07) is 11.0. The second-order valence-corrected chi connectivity index (χ2v) is 6.78. The van der Waals surface area contributed by atoms with E-state index in [-0.39, 0.29) is 11.7 Å². The van der Waals surface area contributed by atoms with Crippen molar-refractivity contribution < 1.29 is 9.18 Å². The first-order valence-corrected chi connectivity index (χ1v) is 8.86. The lowest BCUT2D eigenvalue weighted by Crippen LogP contribution is -2.31. The molecule has 0 unspecified atom stereocenters. The number of amides is 1. The predicted octanol–water partition coefficient (Wildman–Crippen LogP) is 3.69. The van der Waals surface area contributed by atoms with E-state index in [4.69, 9.17) is 0 Å². The van der Waals surface area contributed by atoms with Gasteiger partial charge in [0.1, 0.15) is 17.7 Å². The standard InChI is InChI=1S/C19H15FN4OS/c1-24-9-8-21-18(24)17(12-2-5-14(20)6-3-12)23-19(25)13-4-7-15-16(10-13)26-11-22-15/h2-11,17H,1H3,(H,23,25)/t17-/m1/s1. The molecular formula is C19H15FN4OS. The van der Waals surface area contributed by atoms with Crippen molar-refractivity contribution in [1.29, 1.82) is 0 Å². The smallest absolute Gasteiger partial charge is 0.252 e. The van der Waals surface area contributed by atoms with Gasteiger partial charge in [-0.25, -0.2) is 14.4 Å². The van der Waals surface area contributed by atoms with E-state index in [0.29, 0.717) is 11.4 Å². The van der Waals surface area contributed by atoms with Gasteiger partial charge in [-0.2, -0.15) is 0 Å². The predicted molar refractivity (Wildman–Crippen MR) is 98.5 cm³/mol. The molecule has 0 aliphatic carbocycles. The van der Waals surface area contributed by atoms with Crippen LogP contribution in [0.15, 0.2) is 60.4 Å². The van der Waals surface area contributed by atoms with Gasteiger partial charge in [0.2, 0.25) is 0 Å². The average Bonchev–Trinajstić information content (AvgIpc) is 3.28. The van der Waals surface area contributed by atoms with Gasteiger partial charge in [-0.05, 0) is 35.9 Å². The molecule has 0 aliphatic heterocycles. The second kappa shape index (κ2) is 6.68. The SMILES string of the molecule is Cn1ccnc1[C@H](NC(=O)c1ccc2ncsc2c1)c1ccc(F)cc1. The van der Waals surface area contributed by atoms with Crippen LogP contribution in [0.2, 0.25) is 0 Å². The Bertz CT molecular complexity index is 1070. The first-order chi connectivity index (χ1) is 12.6. The van der Waals surface area contributed by atoms with Crippen LogP contribution >= 0.6 is 11.3 Å². The number of aryl methyl sites for hydroxylation is 1. The molecule has 2 aromatic carbocycles. The summed E-state index contributed by atoms with van der Waals surface area (Å²) in [4.78, 5) is 21.4. The van der Waals surface area contributed by atoms with Gasteiger partial charge in [-0.15, -0.1) is 11.3 Å². The largest absolute Gasteiger partial charge is 0.338 e. The molecular weight excluding hydrogens is 351 g/mol. The van der Waals surface area contributed by atoms with E-state index < -0.39 is 6.04 Å². The van der Waals surface area contributed by atoms with E-state index in [1.54, 1.807) is 36.1 Å². The zero-order valence-electron chi connectivity index (χ0n) is 13.9. The van der Waals surface area contributed by atoms with Crippen molar-refractivity contribution in [1.82, 2.24) is 19.9 Å². The molecule has 2 heterocycles. The Morgan fingerprint density at radius 2 is 2.00 bits per heavy atom. The topological polar surface area (TPSA) is 59.8 Å². The van der Waals surface area contributed by atoms with Crippen LogP contribution in [0.5, 0.6) is 0 Å². The monoisotopic (exact) mass is 366 g/mol. The molecule has 1 atom stereocenters. The zero-order valence-corrected chi connectivity index (χ0v) is 14.7. The Labute approximate surface area is 153 Å². The van der Waals surface area contributed by atoms with Gasteiger partial charge in [0, 0.05) is 25.0 Å². The molecule has 1 amide bonds. The maximum Gasteiger partial charge on any atom is 0.252 e. The fraction of sp³-hybridized carbons (Fsp3) is 0.105. The first-order valence-electron chi connectivity index (χ1n) is 7.98. The maximum absolute atomic E-state index is 13.3. The number of benzene rings is 2. The van der Waals surface area contributed by atoms with Crippen LogP contribution in [-0.4, -0.2) is 20.4 Å². The number of hydrogen-bond acceptors (Lipinski definition) is 4. The van der Waals surface area contributed by atoms with Gasteiger partial charge in [0.15, 0.2) is 0 Å². The normalized spacial score (nSPS) is 12.2. The van der Waals surface area contributed by atoms with Crippen molar-refractivity contribution in [3.8, 4) is 0 Å². The Morgan fingerprint density at radius 3 is 2.73 bits per heavy atom. The molecule has 0 radical (unpaired) electrons. The van der Waals surface area contributed by atoms with E-state index in [9.17, 15) is 9.18 Å². The second-order valence-electron chi connectivity index (χ2n) is 5.89. The summed E-state index contributed by atoms with van der Waals surface area (Å²) in [6.45, 7) is 0. The summed E-state index contributed by atoms with van der Waals surface area (Å²) >= 11 is 1.49. The fourth-order valence-electron chi connectivity index (χ4n) is 2.82. The minimum atomic E-state index is -0.486. The number of halogens is 1. The van der Waals surface area contributed by atoms with Crippen LogP contribution in [0.4, 0.5) is 4.39 Å². The third-order valence-corrected chi connectivity index (χ3v) is 4.98. The molecule has 0 saturated carbocycles. The van der Waals surface area contributed by atoms with Crippen LogP contribution in [-0.2, 0) is 7.05 Å². The Hall–Kier alpha value is -3.06. The molecule has 1 N–H and O–H groups in total. The van der Waals surface area contributed by atoms with Gasteiger partial charge in [-0.3, -0.25) is 4.79 Å². The molecule has 0 aliphatic rings. The lowest BCUT2D eigenvalue weighted by Gasteiger charge is -2.19. The highest BCUT2D eigenvalue weighted by Gasteiger charge is 2.21. The molecule has 0 saturated heterocycles. The fourth-order valence-corrected chi connectivity index (χ4v) is 3.53. The summed E-state index contributed by atoms with van der Waals surface area (Å²) in [5, 5.41) is 3.01. The van der Waals surface area contributed by atoms with E-state index in [2.05, 4.69) is 15.3 Å². The highest BCUT2D eigenvalue weighted by atomic mass is 32.1. The Balaban J connectivity index is 1.68. The van der Waals surface area contributed by atoms with Crippen molar-refractivity contribution in [3.05, 3.63) is 83.1 Å². The van der Waals surface area contributed by atoms with Gasteiger partial charge >= 0.3 is 0 Å². The number of nitrogens with zero attached hydrogens (tertiary/aromatic N) is 3. The van der Waals surface area contributed by atoms with E-state index in [0.717, 1.165) is 15.8 Å². The molecule has 130 valence electrons. The minimum absolute atomic E-state index is 0.224. The average molecular weight is 366 g/mol. The van der Waals surface area contributed by atoms with Crippen LogP contribution < -0.4 is 5.32 Å². The molecule has 0 bridgehead atoms. The summed E-state index contributed by atoms with van der Waals surface area (Å²) in [5.41, 5.74) is 3.92. The number of nitrogens with one attached hydrogen (secondary N) is 1. The summed E-state index contributed by atoms with van der Waals surface area (Å²) in [6.07, 6.45) is 3.47. The highest BCUT2D eigenvalue weighted by Crippen LogP contribution is 2.23. The van der Waals surface area contributed by atoms with Gasteiger partial charge < -0.3 is 9.88 Å². The number of carbonyl (C=O) groups excluding carboxylic acids is 1. The van der Waals surface area contributed by atoms with Crippen molar-refractivity contribution >= 4 is 27.5 Å². The van der Waals surface area contributed by atoms with E-state index in [1.165, 1.54) is 23.5 Å². The Morgan fingerprint density at radius 1 is 1.19 bits per heavy atom. The van der Waals surface area contributed by atoms with Crippen molar-refractivity contribution in [2.75, 3.05) is 0 Å². The summed E-state index contributed by atoms with van der Waals surface area (Å²) in [5.74, 6) is 0.121. The third-order valence-electron chi connectivity index (χ3n) is 4.19. The lowest BCUT2D eigenvalue weighted by atomic mass is 10.1. The van der Waals surface area contributed by atoms with Crippen molar-refractivity contribution in [2.24, 2.45) is 7.05 Å². The lowest BCUT2D eigenvalue weighted by molar-refractivity contribution is 0.0941. The van der Waals surface area contributed by atoms with E-state index >= 15 is 0 Å². The van der Waals surface area contributed by atoms with Crippen LogP contribution in [0.3, 0.4) is 0 Å². The van der Waals surface area contributed by atoms with Crippen LogP contribution in [0.1, 0.15) is 27.8 Å². The number of carbonyl (C=O) groups is 1. The molecule has 4 aromatic rings. The van der Waals surface area contributed by atoms with Crippen molar-refractivity contribution in [3.63, 3.8) is 0 Å². The summed E-state index contributed by atoms with van der Waals surface area (Å²) < 4.78 is 16.1. The van der Waals surface area contributed by atoms with Gasteiger partial charge in [0.05, 0.1) is 15.7 Å². The number of thiazole rings is 1. The number of hydrogen-bond donors (Lipinski definition) is 1. The quantitative estimate of drug-likeness (QED) is 0.599. The van der Waals surface area contributed by atoms with Gasteiger partial charge in [0.25, 0.3) is 5.91 Å². The number of fused-ring (bicyclic) bond motifs is 1. The number of rotatable bonds is 4. The van der Waals surface area contributed by atoms with E-state index in [1.807, 2.05) is 23.7 Å². The minimum Gasteiger partial charge on any atom is -0.338 e. The van der Waals surface area contributed by atoms with Crippen molar-refractivity contribution in [2.45, 2.75) is 6.04 Å². The first kappa shape index (κ1) is 16.4. The molecule has 4 rings (SSSR count). The zero-order chi connectivity index (χ0) is 18.1. The summed E-state index contributed by atoms with van der Waals surface area (Å²) in [7, 11) is 1.86. The maximum atomic E-state index is 13.3.